The molecule has 6 fully saturated rings. The van der Waals surface area contributed by atoms with Gasteiger partial charge in [0.05, 0.1) is 74.1 Å². The predicted octanol–water partition coefficient (Wildman–Crippen LogP) is 11.5. The zero-order chi connectivity index (χ0) is 61.3. The van der Waals surface area contributed by atoms with Crippen LogP contribution in [0.2, 0.25) is 0 Å². The Morgan fingerprint density at radius 3 is 1.31 bits per heavy atom. The quantitative estimate of drug-likeness (QED) is 0.118. The molecule has 18 nitrogen and oxygen atoms in total. The van der Waals surface area contributed by atoms with Gasteiger partial charge < -0.3 is 47.8 Å². The number of benzene rings is 2. The van der Waals surface area contributed by atoms with Gasteiger partial charge in [-0.3, -0.25) is 19.2 Å². The maximum absolute atomic E-state index is 14.4. The molecule has 12 rings (SSSR count). The summed E-state index contributed by atoms with van der Waals surface area (Å²) in [5.41, 5.74) is 4.50. The Morgan fingerprint density at radius 2 is 0.878 bits per heavy atom. The number of fused-ring (bicyclic) bond motifs is 10. The Labute approximate surface area is 555 Å². The molecular formula is C70H92N6O12V2-2. The summed E-state index contributed by atoms with van der Waals surface area (Å²) in [7, 11) is 3.25. The minimum Gasteiger partial charge on any atom is -0.540 e. The van der Waals surface area contributed by atoms with E-state index in [1.807, 2.05) is 50.2 Å². The minimum atomic E-state index is -0.743. The number of hydrogen-bond acceptors (Lipinski definition) is 16. The van der Waals surface area contributed by atoms with Crippen molar-refractivity contribution in [2.75, 3.05) is 27.3 Å². The van der Waals surface area contributed by atoms with Gasteiger partial charge in [0, 0.05) is 49.2 Å². The van der Waals surface area contributed by atoms with Crippen molar-refractivity contribution in [1.82, 2.24) is 29.7 Å². The minimum absolute atomic E-state index is 0. The Bertz CT molecular complexity index is 3110. The van der Waals surface area contributed by atoms with Crippen molar-refractivity contribution in [1.29, 1.82) is 0 Å². The van der Waals surface area contributed by atoms with Gasteiger partial charge >= 0.3 is 11.9 Å². The number of rotatable bonds is 8. The SMILES string of the molecule is CC[C@@H]1[C@@H]2CN(C(=O)[C@H](C3CCCCC3)CC(=O)O[C@@H]3CCC[C@H]3CCCCCc3nc4ccc(OC)cc4nc3O2)[C@@H]1[C-]=O.CC[C@@H]1[C@@H]2CN(C(=O)[C@H](C3CCCCC3)CC(=O)O[C@@H]3C[C@H]3CCCCCc3nc4ccc(OC)cc4nc3O2)[C@@H]1[C-]=O.[V].[V]. The molecule has 486 valence electrons. The van der Waals surface area contributed by atoms with Gasteiger partial charge in [0.25, 0.3) is 0 Å². The van der Waals surface area contributed by atoms with Crippen molar-refractivity contribution in [3.8, 4) is 23.3 Å². The molecule has 0 spiro atoms. The van der Waals surface area contributed by atoms with Crippen LogP contribution in [-0.2, 0) is 88.2 Å². The van der Waals surface area contributed by atoms with Crippen LogP contribution in [0.5, 0.6) is 23.3 Å². The molecule has 0 unspecified atom stereocenters. The number of esters is 2. The second-order valence-electron chi connectivity index (χ2n) is 26.6. The average molecular weight is 1310 g/mol. The van der Waals surface area contributed by atoms with E-state index in [-0.39, 0.29) is 123 Å². The molecule has 4 bridgehead atoms. The summed E-state index contributed by atoms with van der Waals surface area (Å²) in [6, 6.07) is 9.82. The molecule has 0 N–H and O–H groups in total. The number of aromatic nitrogens is 4. The van der Waals surface area contributed by atoms with Gasteiger partial charge in [0.1, 0.15) is 47.3 Å². The molecular weight excluding hydrogens is 1220 g/mol. The van der Waals surface area contributed by atoms with E-state index in [0.29, 0.717) is 71.8 Å². The Morgan fingerprint density at radius 1 is 0.467 bits per heavy atom. The summed E-state index contributed by atoms with van der Waals surface area (Å²) in [6.07, 6.45) is 28.4. The van der Waals surface area contributed by atoms with Crippen LogP contribution in [0.15, 0.2) is 36.4 Å². The van der Waals surface area contributed by atoms with Crippen LogP contribution in [0.4, 0.5) is 0 Å². The molecule has 4 saturated carbocycles. The third-order valence-corrected chi connectivity index (χ3v) is 21.1. The van der Waals surface area contributed by atoms with E-state index < -0.39 is 36.1 Å². The molecule has 90 heavy (non-hydrogen) atoms. The first-order valence-corrected chi connectivity index (χ1v) is 33.8. The molecule has 12 atom stereocenters. The number of nitrogens with zero attached hydrogens (tertiary/aromatic N) is 6. The summed E-state index contributed by atoms with van der Waals surface area (Å²) in [4.78, 5) is 103. The van der Waals surface area contributed by atoms with Gasteiger partial charge in [-0.2, -0.15) is 0 Å². The monoisotopic (exact) mass is 1310 g/mol. The zero-order valence-corrected chi connectivity index (χ0v) is 56.0. The second-order valence-corrected chi connectivity index (χ2v) is 26.6. The molecule has 20 heteroatoms. The molecule has 4 aliphatic carbocycles. The molecule has 2 aromatic heterocycles. The molecule has 2 saturated heterocycles. The van der Waals surface area contributed by atoms with E-state index in [4.69, 9.17) is 48.4 Å². The van der Waals surface area contributed by atoms with Gasteiger partial charge in [-0.05, 0) is 150 Å². The average Bonchev–Trinajstić information content (AvgIpc) is 1.72. The molecule has 2 amide bonds. The number of carbonyl (C=O) groups excluding carboxylic acids is 6. The van der Waals surface area contributed by atoms with Crippen molar-refractivity contribution in [3.63, 3.8) is 0 Å². The molecule has 2 aromatic carbocycles. The molecule has 6 heterocycles. The number of methoxy groups -OCH3 is 2. The first-order valence-electron chi connectivity index (χ1n) is 33.8. The maximum atomic E-state index is 14.4. The molecule has 2 radical (unpaired) electrons. The van der Waals surface area contributed by atoms with Crippen molar-refractivity contribution < 1.29 is 94.3 Å². The number of hydrogen-bond donors (Lipinski definition) is 0. The van der Waals surface area contributed by atoms with E-state index in [2.05, 4.69) is 12.6 Å². The fourth-order valence-corrected chi connectivity index (χ4v) is 16.0. The number of ether oxygens (including phenoxy) is 6. The molecule has 4 aromatic rings. The number of aryl methyl sites for hydroxylation is 2. The summed E-state index contributed by atoms with van der Waals surface area (Å²) in [5.74, 6) is 0.925. The summed E-state index contributed by atoms with van der Waals surface area (Å²) in [5, 5.41) is 0. The van der Waals surface area contributed by atoms with Crippen molar-refractivity contribution in [2.24, 2.45) is 47.3 Å². The smallest absolute Gasteiger partial charge is 0.306 e. The van der Waals surface area contributed by atoms with E-state index in [0.717, 1.165) is 164 Å². The van der Waals surface area contributed by atoms with Crippen LogP contribution in [0.1, 0.15) is 192 Å². The van der Waals surface area contributed by atoms with Crippen LogP contribution in [-0.4, -0.2) is 130 Å². The number of carbonyl (C=O) groups is 4. The summed E-state index contributed by atoms with van der Waals surface area (Å²) >= 11 is 0. The normalized spacial score (nSPS) is 30.0. The van der Waals surface area contributed by atoms with Gasteiger partial charge in [0.15, 0.2) is 0 Å². The van der Waals surface area contributed by atoms with Gasteiger partial charge in [-0.15, -0.1) is 0 Å². The van der Waals surface area contributed by atoms with E-state index in [1.165, 1.54) is 0 Å². The van der Waals surface area contributed by atoms with Gasteiger partial charge in [0.2, 0.25) is 23.6 Å². The standard InChI is InChI=1S/C36H48N3O6.C34H44N3O6.2V/c1-3-26-31(22-40)39-21-33(26)45-35-29(37-28-18-17-25(43-2)19-30(28)38-35)15-9-5-8-13-24-14-10-16-32(24)44-34(41)20-27(36(39)42)23-11-6-4-7-12-23;1-3-24-29(20-38)37-19-31(24)43-33-27(35-26-15-14-23(41-2)17-28(26)36-33)13-9-5-8-12-22-16-30(22)42-32(39)18-25(34(37)40)21-10-6-4-7-11-21;;/h17-19,23-24,26-27,31-33H,3-16,20-21H2,1-2H3;14-15,17,21-22,24-25,29-31H,3-13,16,18-19H2,1-2H3;;/q2*-1;;/t24-,26+,27+,31-,32-,33+;22-,24+,25+,29-,30-,31+;;/m11../s1. The summed E-state index contributed by atoms with van der Waals surface area (Å²) in [6.45, 7) is 4.52. The fourth-order valence-electron chi connectivity index (χ4n) is 16.0. The first kappa shape index (κ1) is 69.1. The third kappa shape index (κ3) is 16.2. The van der Waals surface area contributed by atoms with Crippen LogP contribution in [0.3, 0.4) is 0 Å². The first-order chi connectivity index (χ1) is 43.0. The third-order valence-electron chi connectivity index (χ3n) is 21.1. The van der Waals surface area contributed by atoms with Crippen LogP contribution < -0.4 is 18.9 Å². The van der Waals surface area contributed by atoms with Crippen molar-refractivity contribution in [2.45, 2.75) is 230 Å². The Hall–Kier alpha value is -5.29. The number of amides is 2. The van der Waals surface area contributed by atoms with Crippen molar-refractivity contribution >= 4 is 58.4 Å². The van der Waals surface area contributed by atoms with Crippen LogP contribution in [0, 0.1) is 47.3 Å². The molecule has 4 aliphatic heterocycles. The van der Waals surface area contributed by atoms with Crippen molar-refractivity contribution in [3.05, 3.63) is 47.8 Å². The second kappa shape index (κ2) is 32.5. The van der Waals surface area contributed by atoms with Crippen LogP contribution in [0.25, 0.3) is 22.1 Å². The fraction of sp³-hybridized carbons (Fsp3) is 0.686. The zero-order valence-electron chi connectivity index (χ0n) is 53.2. The topological polar surface area (TPSA) is 216 Å². The van der Waals surface area contributed by atoms with Gasteiger partial charge in [-0.25, -0.2) is 32.5 Å². The van der Waals surface area contributed by atoms with Gasteiger partial charge in [-0.1, -0.05) is 103 Å². The molecule has 8 aliphatic rings. The Balaban J connectivity index is 0.000000209. The van der Waals surface area contributed by atoms with E-state index in [9.17, 15) is 28.8 Å². The largest absolute Gasteiger partial charge is 0.540 e. The van der Waals surface area contributed by atoms with E-state index >= 15 is 0 Å². The Kier molecular flexibility index (Phi) is 24.9. The maximum Gasteiger partial charge on any atom is 0.306 e. The van der Waals surface area contributed by atoms with E-state index in [1.54, 1.807) is 24.0 Å². The summed E-state index contributed by atoms with van der Waals surface area (Å²) < 4.78 is 36.2. The van der Waals surface area contributed by atoms with Crippen LogP contribution >= 0.6 is 0 Å². The predicted molar refractivity (Wildman–Crippen MR) is 330 cm³/mol.